The van der Waals surface area contributed by atoms with E-state index in [1.165, 1.54) is 5.56 Å². The van der Waals surface area contributed by atoms with E-state index in [1.807, 2.05) is 42.6 Å². The third kappa shape index (κ3) is 2.63. The van der Waals surface area contributed by atoms with Crippen molar-refractivity contribution in [3.05, 3.63) is 78.0 Å². The number of nitrogens with zero attached hydrogens (tertiary/aromatic N) is 1. The second kappa shape index (κ2) is 5.36. The van der Waals surface area contributed by atoms with Crippen LogP contribution in [0.4, 0.5) is 0 Å². The van der Waals surface area contributed by atoms with Crippen molar-refractivity contribution in [2.75, 3.05) is 0 Å². The van der Waals surface area contributed by atoms with Crippen LogP contribution in [0.15, 0.2) is 66.9 Å². The number of benzene rings is 2. The Hall–Kier alpha value is -2.61. The Morgan fingerprint density at radius 1 is 0.789 bits per heavy atom. The van der Waals surface area contributed by atoms with Gasteiger partial charge in [-0.05, 0) is 5.56 Å². The van der Waals surface area contributed by atoms with Gasteiger partial charge in [-0.1, -0.05) is 72.8 Å². The van der Waals surface area contributed by atoms with Gasteiger partial charge in [0.1, 0.15) is 0 Å². The molecule has 0 bridgehead atoms. The largest absolute Gasteiger partial charge is 0.277 e. The van der Waals surface area contributed by atoms with Gasteiger partial charge in [0.25, 0.3) is 0 Å². The van der Waals surface area contributed by atoms with Gasteiger partial charge < -0.3 is 0 Å². The van der Waals surface area contributed by atoms with Gasteiger partial charge in [-0.2, -0.15) is 5.10 Å². The van der Waals surface area contributed by atoms with Crippen LogP contribution in [-0.2, 0) is 0 Å². The lowest BCUT2D eigenvalue weighted by Gasteiger charge is -1.99. The third-order valence-electron chi connectivity index (χ3n) is 2.99. The second-order valence-electron chi connectivity index (χ2n) is 4.31. The minimum atomic E-state index is 1.05. The minimum absolute atomic E-state index is 1.05. The monoisotopic (exact) mass is 246 g/mol. The lowest BCUT2D eigenvalue weighted by atomic mass is 10.1. The van der Waals surface area contributed by atoms with Crippen molar-refractivity contribution in [1.82, 2.24) is 10.2 Å². The Morgan fingerprint density at radius 3 is 2.21 bits per heavy atom. The molecule has 3 rings (SSSR count). The summed E-state index contributed by atoms with van der Waals surface area (Å²) in [6.45, 7) is 0. The van der Waals surface area contributed by atoms with E-state index in [-0.39, 0.29) is 0 Å². The van der Waals surface area contributed by atoms with Crippen LogP contribution in [0.3, 0.4) is 0 Å². The topological polar surface area (TPSA) is 28.7 Å². The van der Waals surface area contributed by atoms with Gasteiger partial charge in [-0.3, -0.25) is 5.10 Å². The zero-order valence-electron chi connectivity index (χ0n) is 10.5. The van der Waals surface area contributed by atoms with Crippen molar-refractivity contribution in [3.8, 4) is 11.3 Å². The van der Waals surface area contributed by atoms with Crippen LogP contribution in [-0.4, -0.2) is 10.2 Å². The minimum Gasteiger partial charge on any atom is -0.277 e. The third-order valence-corrected chi connectivity index (χ3v) is 2.99. The summed E-state index contributed by atoms with van der Waals surface area (Å²) in [6, 6.07) is 20.5. The zero-order valence-corrected chi connectivity index (χ0v) is 10.5. The summed E-state index contributed by atoms with van der Waals surface area (Å²) in [7, 11) is 0. The maximum atomic E-state index is 4.13. The quantitative estimate of drug-likeness (QED) is 0.735. The highest BCUT2D eigenvalue weighted by atomic mass is 15.1. The molecule has 0 saturated carbocycles. The van der Waals surface area contributed by atoms with Crippen molar-refractivity contribution in [1.29, 1.82) is 0 Å². The maximum Gasteiger partial charge on any atom is 0.0722 e. The van der Waals surface area contributed by atoms with Gasteiger partial charge in [0.05, 0.1) is 11.9 Å². The number of hydrogen-bond acceptors (Lipinski definition) is 1. The molecule has 0 atom stereocenters. The molecule has 92 valence electrons. The summed E-state index contributed by atoms with van der Waals surface area (Å²) < 4.78 is 0. The number of rotatable bonds is 3. The van der Waals surface area contributed by atoms with Crippen LogP contribution in [0.1, 0.15) is 11.1 Å². The Bertz CT molecular complexity index is 667. The molecule has 0 aliphatic heterocycles. The van der Waals surface area contributed by atoms with Crippen molar-refractivity contribution in [3.63, 3.8) is 0 Å². The summed E-state index contributed by atoms with van der Waals surface area (Å²) >= 11 is 0. The van der Waals surface area contributed by atoms with E-state index in [0.29, 0.717) is 0 Å². The smallest absolute Gasteiger partial charge is 0.0722 e. The molecular weight excluding hydrogens is 232 g/mol. The molecule has 0 spiro atoms. The molecule has 1 aromatic heterocycles. The summed E-state index contributed by atoms with van der Waals surface area (Å²) in [5, 5.41) is 7.19. The average molecular weight is 246 g/mol. The lowest BCUT2D eigenvalue weighted by Crippen LogP contribution is -1.80. The Morgan fingerprint density at radius 2 is 1.47 bits per heavy atom. The predicted octanol–water partition coefficient (Wildman–Crippen LogP) is 4.25. The van der Waals surface area contributed by atoms with Gasteiger partial charge in [0.2, 0.25) is 0 Å². The van der Waals surface area contributed by atoms with Gasteiger partial charge in [-0.15, -0.1) is 0 Å². The van der Waals surface area contributed by atoms with Crippen LogP contribution in [0, 0.1) is 0 Å². The summed E-state index contributed by atoms with van der Waals surface area (Å²) in [6.07, 6.45) is 6.03. The van der Waals surface area contributed by atoms with E-state index in [1.54, 1.807) is 0 Å². The van der Waals surface area contributed by atoms with E-state index in [2.05, 4.69) is 46.6 Å². The molecule has 3 aromatic rings. The zero-order chi connectivity index (χ0) is 12.9. The number of aromatic nitrogens is 2. The van der Waals surface area contributed by atoms with Crippen molar-refractivity contribution < 1.29 is 0 Å². The van der Waals surface area contributed by atoms with Crippen molar-refractivity contribution in [2.24, 2.45) is 0 Å². The molecule has 19 heavy (non-hydrogen) atoms. The highest BCUT2D eigenvalue weighted by Crippen LogP contribution is 2.22. The molecule has 0 aliphatic carbocycles. The fourth-order valence-corrected chi connectivity index (χ4v) is 2.01. The average Bonchev–Trinajstić information content (AvgIpc) is 2.95. The first kappa shape index (κ1) is 11.5. The predicted molar refractivity (Wildman–Crippen MR) is 79.4 cm³/mol. The van der Waals surface area contributed by atoms with Gasteiger partial charge in [0.15, 0.2) is 0 Å². The normalized spacial score (nSPS) is 10.9. The highest BCUT2D eigenvalue weighted by Gasteiger charge is 2.03. The fraction of sp³-hybridized carbons (Fsp3) is 0. The van der Waals surface area contributed by atoms with Crippen LogP contribution < -0.4 is 0 Å². The SMILES string of the molecule is C(=Cc1cn[nH]c1-c1ccccc1)c1ccccc1. The first-order valence-electron chi connectivity index (χ1n) is 6.25. The molecule has 0 aliphatic rings. The second-order valence-corrected chi connectivity index (χ2v) is 4.31. The number of H-pyrrole nitrogens is 1. The van der Waals surface area contributed by atoms with Crippen LogP contribution >= 0.6 is 0 Å². The highest BCUT2D eigenvalue weighted by molar-refractivity contribution is 5.78. The Balaban J connectivity index is 1.91. The molecule has 0 unspecified atom stereocenters. The van der Waals surface area contributed by atoms with Gasteiger partial charge in [-0.25, -0.2) is 0 Å². The van der Waals surface area contributed by atoms with Gasteiger partial charge >= 0.3 is 0 Å². The standard InChI is InChI=1S/C17H14N2/c1-3-7-14(8-4-1)11-12-16-13-18-19-17(16)15-9-5-2-6-10-15/h1-13H,(H,18,19). The van der Waals surface area contributed by atoms with Crippen LogP contribution in [0.2, 0.25) is 0 Å². The molecule has 2 aromatic carbocycles. The first-order valence-corrected chi connectivity index (χ1v) is 6.25. The maximum absolute atomic E-state index is 4.13. The number of hydrogen-bond donors (Lipinski definition) is 1. The van der Waals surface area contributed by atoms with Crippen LogP contribution in [0.5, 0.6) is 0 Å². The van der Waals surface area contributed by atoms with Crippen molar-refractivity contribution >= 4 is 12.2 Å². The number of nitrogens with one attached hydrogen (secondary N) is 1. The molecule has 2 nitrogen and oxygen atoms in total. The molecule has 2 heteroatoms. The molecular formula is C17H14N2. The van der Waals surface area contributed by atoms with E-state index in [9.17, 15) is 0 Å². The van der Waals surface area contributed by atoms with Crippen LogP contribution in [0.25, 0.3) is 23.4 Å². The molecule has 0 radical (unpaired) electrons. The first-order chi connectivity index (χ1) is 9.43. The molecule has 0 amide bonds. The van der Waals surface area contributed by atoms with E-state index < -0.39 is 0 Å². The van der Waals surface area contributed by atoms with E-state index in [4.69, 9.17) is 0 Å². The summed E-state index contributed by atoms with van der Waals surface area (Å²) in [4.78, 5) is 0. The van der Waals surface area contributed by atoms with Gasteiger partial charge in [0, 0.05) is 11.1 Å². The fourth-order valence-electron chi connectivity index (χ4n) is 2.01. The Labute approximate surface area is 112 Å². The lowest BCUT2D eigenvalue weighted by molar-refractivity contribution is 1.10. The Kier molecular flexibility index (Phi) is 3.24. The molecule has 0 fully saturated rings. The molecule has 1 N–H and O–H groups in total. The van der Waals surface area contributed by atoms with E-state index >= 15 is 0 Å². The summed E-state index contributed by atoms with van der Waals surface area (Å²) in [5.74, 6) is 0. The summed E-state index contributed by atoms with van der Waals surface area (Å²) in [5.41, 5.74) is 4.47. The van der Waals surface area contributed by atoms with E-state index in [0.717, 1.165) is 16.8 Å². The number of aromatic amines is 1. The molecule has 0 saturated heterocycles. The molecule has 1 heterocycles. The van der Waals surface area contributed by atoms with Crippen molar-refractivity contribution in [2.45, 2.75) is 0 Å².